The van der Waals surface area contributed by atoms with Crippen molar-refractivity contribution in [3.8, 4) is 0 Å². The van der Waals surface area contributed by atoms with E-state index in [0.29, 0.717) is 0 Å². The van der Waals surface area contributed by atoms with Gasteiger partial charge in [0, 0.05) is 0 Å². The van der Waals surface area contributed by atoms with Crippen molar-refractivity contribution in [3.05, 3.63) is 41.3 Å². The van der Waals surface area contributed by atoms with Crippen LogP contribution in [0.15, 0.2) is 18.2 Å². The molecule has 1 N–H and O–H groups in total. The molecule has 0 saturated carbocycles. The normalized spacial score (nSPS) is 12.9. The topological polar surface area (TPSA) is 20.2 Å². The Labute approximate surface area is 86.8 Å². The van der Waals surface area contributed by atoms with Gasteiger partial charge in [-0.25, -0.2) is 0 Å². The van der Waals surface area contributed by atoms with Crippen molar-refractivity contribution >= 4 is 0 Å². The van der Waals surface area contributed by atoms with Crippen LogP contribution in [0.5, 0.6) is 0 Å². The van der Waals surface area contributed by atoms with E-state index in [2.05, 4.69) is 38.5 Å². The number of benzene rings is 1. The van der Waals surface area contributed by atoms with Gasteiger partial charge in [-0.05, 0) is 49.8 Å². The van der Waals surface area contributed by atoms with E-state index >= 15 is 0 Å². The third kappa shape index (κ3) is 3.15. The van der Waals surface area contributed by atoms with E-state index in [-0.39, 0.29) is 6.10 Å². The van der Waals surface area contributed by atoms with Gasteiger partial charge >= 0.3 is 0 Å². The summed E-state index contributed by atoms with van der Waals surface area (Å²) in [5.41, 5.74) is 3.84. The minimum absolute atomic E-state index is 0.198. The average Bonchev–Trinajstić information content (AvgIpc) is 2.19. The SMILES string of the molecule is CCC(O)C[CH]c1ccc(C)c(C)c1. The summed E-state index contributed by atoms with van der Waals surface area (Å²) in [6, 6.07) is 6.39. The summed E-state index contributed by atoms with van der Waals surface area (Å²) < 4.78 is 0. The third-order valence-electron chi connectivity index (χ3n) is 2.63. The van der Waals surface area contributed by atoms with Crippen LogP contribution in [-0.2, 0) is 0 Å². The quantitative estimate of drug-likeness (QED) is 0.775. The van der Waals surface area contributed by atoms with Crippen molar-refractivity contribution < 1.29 is 5.11 Å². The highest BCUT2D eigenvalue weighted by Gasteiger charge is 2.02. The van der Waals surface area contributed by atoms with Crippen molar-refractivity contribution in [1.29, 1.82) is 0 Å². The number of aryl methyl sites for hydroxylation is 2. The van der Waals surface area contributed by atoms with E-state index in [1.807, 2.05) is 6.92 Å². The summed E-state index contributed by atoms with van der Waals surface area (Å²) in [6.45, 7) is 6.22. The molecule has 0 spiro atoms. The Morgan fingerprint density at radius 3 is 2.57 bits per heavy atom. The predicted octanol–water partition coefficient (Wildman–Crippen LogP) is 3.02. The molecule has 0 fully saturated rings. The molecule has 0 aliphatic carbocycles. The Kier molecular flexibility index (Phi) is 4.15. The minimum Gasteiger partial charge on any atom is -0.393 e. The largest absolute Gasteiger partial charge is 0.393 e. The summed E-state index contributed by atoms with van der Waals surface area (Å²) in [4.78, 5) is 0. The molecule has 1 unspecified atom stereocenters. The first kappa shape index (κ1) is 11.3. The molecule has 0 heterocycles. The molecule has 1 aromatic rings. The number of aliphatic hydroxyl groups excluding tert-OH is 1. The molecular formula is C13H19O. The van der Waals surface area contributed by atoms with E-state index in [1.165, 1.54) is 16.7 Å². The highest BCUT2D eigenvalue weighted by Crippen LogP contribution is 2.14. The third-order valence-corrected chi connectivity index (χ3v) is 2.63. The van der Waals surface area contributed by atoms with Crippen LogP contribution in [0.25, 0.3) is 0 Å². The zero-order valence-corrected chi connectivity index (χ0v) is 9.25. The molecule has 14 heavy (non-hydrogen) atoms. The van der Waals surface area contributed by atoms with Gasteiger partial charge in [0.25, 0.3) is 0 Å². The average molecular weight is 191 g/mol. The Bertz CT molecular complexity index is 291. The fourth-order valence-corrected chi connectivity index (χ4v) is 1.33. The molecule has 0 saturated heterocycles. The monoisotopic (exact) mass is 191 g/mol. The van der Waals surface area contributed by atoms with Gasteiger partial charge in [-0.3, -0.25) is 0 Å². The first-order valence-electron chi connectivity index (χ1n) is 5.22. The number of hydrogen-bond acceptors (Lipinski definition) is 1. The molecule has 1 heteroatoms. The van der Waals surface area contributed by atoms with Gasteiger partial charge in [-0.15, -0.1) is 0 Å². The lowest BCUT2D eigenvalue weighted by Gasteiger charge is -2.08. The standard InChI is InChI=1S/C13H19O/c1-4-13(14)8-7-12-6-5-10(2)11(3)9-12/h5-7,9,13-14H,4,8H2,1-3H3. The Balaban J connectivity index is 2.55. The lowest BCUT2D eigenvalue weighted by molar-refractivity contribution is 0.170. The van der Waals surface area contributed by atoms with Crippen LogP contribution in [-0.4, -0.2) is 11.2 Å². The molecule has 1 rings (SSSR count). The van der Waals surface area contributed by atoms with Crippen LogP contribution in [0.3, 0.4) is 0 Å². The van der Waals surface area contributed by atoms with Gasteiger partial charge in [0.2, 0.25) is 0 Å². The second kappa shape index (κ2) is 5.16. The van der Waals surface area contributed by atoms with Crippen LogP contribution in [0, 0.1) is 20.3 Å². The molecule has 0 aliphatic rings. The second-order valence-corrected chi connectivity index (χ2v) is 3.85. The fraction of sp³-hybridized carbons (Fsp3) is 0.462. The minimum atomic E-state index is -0.198. The maximum atomic E-state index is 9.41. The van der Waals surface area contributed by atoms with Crippen molar-refractivity contribution in [1.82, 2.24) is 0 Å². The van der Waals surface area contributed by atoms with Gasteiger partial charge in [0.05, 0.1) is 6.10 Å². The summed E-state index contributed by atoms with van der Waals surface area (Å²) in [7, 11) is 0. The van der Waals surface area contributed by atoms with Crippen LogP contribution in [0.2, 0.25) is 0 Å². The molecule has 1 aromatic carbocycles. The smallest absolute Gasteiger partial charge is 0.0543 e. The van der Waals surface area contributed by atoms with Crippen LogP contribution in [0.4, 0.5) is 0 Å². The summed E-state index contributed by atoms with van der Waals surface area (Å²) in [5, 5.41) is 9.41. The van der Waals surface area contributed by atoms with E-state index in [0.717, 1.165) is 12.8 Å². The van der Waals surface area contributed by atoms with Crippen molar-refractivity contribution in [2.45, 2.75) is 39.7 Å². The molecule has 0 aliphatic heterocycles. The Hall–Kier alpha value is -0.820. The Morgan fingerprint density at radius 2 is 2.00 bits per heavy atom. The first-order valence-corrected chi connectivity index (χ1v) is 5.22. The van der Waals surface area contributed by atoms with Crippen molar-refractivity contribution in [2.24, 2.45) is 0 Å². The molecule has 0 bridgehead atoms. The van der Waals surface area contributed by atoms with E-state index in [4.69, 9.17) is 0 Å². The van der Waals surface area contributed by atoms with Crippen LogP contribution in [0.1, 0.15) is 36.5 Å². The lowest BCUT2D eigenvalue weighted by atomic mass is 10.0. The highest BCUT2D eigenvalue weighted by atomic mass is 16.3. The second-order valence-electron chi connectivity index (χ2n) is 3.85. The first-order chi connectivity index (χ1) is 6.63. The molecule has 77 valence electrons. The van der Waals surface area contributed by atoms with E-state index in [1.54, 1.807) is 0 Å². The fourth-order valence-electron chi connectivity index (χ4n) is 1.33. The van der Waals surface area contributed by atoms with Gasteiger partial charge in [0.15, 0.2) is 0 Å². The van der Waals surface area contributed by atoms with Gasteiger partial charge in [0.1, 0.15) is 0 Å². The molecule has 1 radical (unpaired) electrons. The zero-order valence-electron chi connectivity index (χ0n) is 9.25. The van der Waals surface area contributed by atoms with E-state index < -0.39 is 0 Å². The summed E-state index contributed by atoms with van der Waals surface area (Å²) >= 11 is 0. The van der Waals surface area contributed by atoms with Crippen LogP contribution < -0.4 is 0 Å². The molecular weight excluding hydrogens is 172 g/mol. The maximum Gasteiger partial charge on any atom is 0.0543 e. The van der Waals surface area contributed by atoms with Gasteiger partial charge in [-0.2, -0.15) is 0 Å². The van der Waals surface area contributed by atoms with E-state index in [9.17, 15) is 5.11 Å². The number of hydrogen-bond donors (Lipinski definition) is 1. The molecule has 1 atom stereocenters. The Morgan fingerprint density at radius 1 is 1.29 bits per heavy atom. The molecule has 0 amide bonds. The maximum absolute atomic E-state index is 9.41. The molecule has 1 nitrogen and oxygen atoms in total. The van der Waals surface area contributed by atoms with Crippen LogP contribution >= 0.6 is 0 Å². The van der Waals surface area contributed by atoms with Crippen molar-refractivity contribution in [2.75, 3.05) is 0 Å². The van der Waals surface area contributed by atoms with Gasteiger partial charge < -0.3 is 5.11 Å². The predicted molar refractivity (Wildman–Crippen MR) is 60.2 cm³/mol. The lowest BCUT2D eigenvalue weighted by Crippen LogP contribution is -2.04. The van der Waals surface area contributed by atoms with Gasteiger partial charge in [-0.1, -0.05) is 25.1 Å². The highest BCUT2D eigenvalue weighted by molar-refractivity contribution is 5.33. The summed E-state index contributed by atoms with van der Waals surface area (Å²) in [5.74, 6) is 0. The zero-order chi connectivity index (χ0) is 10.6. The number of rotatable bonds is 4. The van der Waals surface area contributed by atoms with Crippen molar-refractivity contribution in [3.63, 3.8) is 0 Å². The molecule has 0 aromatic heterocycles. The summed E-state index contributed by atoms with van der Waals surface area (Å²) in [6.07, 6.45) is 3.47. The number of aliphatic hydroxyl groups is 1.